The van der Waals surface area contributed by atoms with Gasteiger partial charge >= 0.3 is 12.1 Å². The van der Waals surface area contributed by atoms with Gasteiger partial charge in [0.05, 0.1) is 5.41 Å². The molecule has 0 spiro atoms. The van der Waals surface area contributed by atoms with Crippen molar-refractivity contribution >= 4 is 18.0 Å². The third kappa shape index (κ3) is 3.97. The van der Waals surface area contributed by atoms with Crippen molar-refractivity contribution in [2.75, 3.05) is 19.7 Å². The highest BCUT2D eigenvalue weighted by atomic mass is 16.5. The van der Waals surface area contributed by atoms with E-state index in [1.165, 1.54) is 11.1 Å². The molecule has 1 saturated heterocycles. The summed E-state index contributed by atoms with van der Waals surface area (Å²) < 4.78 is 5.62. The van der Waals surface area contributed by atoms with Crippen molar-refractivity contribution in [1.29, 1.82) is 0 Å². The number of rotatable bonds is 8. The maximum absolute atomic E-state index is 13.4. The number of hydrogen-bond acceptors (Lipinski definition) is 4. The summed E-state index contributed by atoms with van der Waals surface area (Å²) in [4.78, 5) is 39.8. The molecule has 0 aromatic heterocycles. The summed E-state index contributed by atoms with van der Waals surface area (Å²) in [6.45, 7) is 2.78. The van der Waals surface area contributed by atoms with Crippen molar-refractivity contribution < 1.29 is 24.2 Å². The first-order chi connectivity index (χ1) is 16.9. The first-order valence-electron chi connectivity index (χ1n) is 12.6. The van der Waals surface area contributed by atoms with Crippen molar-refractivity contribution in [2.45, 2.75) is 56.9 Å². The molecule has 5 rings (SSSR count). The van der Waals surface area contributed by atoms with Crippen LogP contribution in [0, 0.1) is 5.41 Å². The van der Waals surface area contributed by atoms with E-state index in [1.54, 1.807) is 4.90 Å². The normalized spacial score (nSPS) is 21.8. The van der Waals surface area contributed by atoms with Crippen LogP contribution in [0.2, 0.25) is 0 Å². The van der Waals surface area contributed by atoms with Crippen LogP contribution in [0.3, 0.4) is 0 Å². The lowest BCUT2D eigenvalue weighted by Gasteiger charge is -2.37. The fraction of sp³-hybridized carbons (Fsp3) is 0.464. The molecule has 3 aliphatic rings. The molecule has 0 radical (unpaired) electrons. The van der Waals surface area contributed by atoms with E-state index in [0.717, 1.165) is 11.1 Å². The Kier molecular flexibility index (Phi) is 6.03. The van der Waals surface area contributed by atoms with Gasteiger partial charge < -0.3 is 20.1 Å². The number of benzene rings is 2. The average molecular weight is 477 g/mol. The number of fused-ring (bicyclic) bond motifs is 3. The lowest BCUT2D eigenvalue weighted by molar-refractivity contribution is -0.159. The van der Waals surface area contributed by atoms with Gasteiger partial charge in [-0.15, -0.1) is 0 Å². The van der Waals surface area contributed by atoms with Crippen molar-refractivity contribution in [1.82, 2.24) is 10.2 Å². The van der Waals surface area contributed by atoms with Gasteiger partial charge in [0.1, 0.15) is 12.1 Å². The maximum Gasteiger partial charge on any atom is 0.407 e. The monoisotopic (exact) mass is 476 g/mol. The zero-order valence-corrected chi connectivity index (χ0v) is 20.1. The highest BCUT2D eigenvalue weighted by Crippen LogP contribution is 2.50. The maximum atomic E-state index is 13.4. The molecule has 35 heavy (non-hydrogen) atoms. The first kappa shape index (κ1) is 23.4. The van der Waals surface area contributed by atoms with Gasteiger partial charge in [-0.3, -0.25) is 4.79 Å². The van der Waals surface area contributed by atoms with Gasteiger partial charge in [-0.05, 0) is 54.4 Å². The van der Waals surface area contributed by atoms with Gasteiger partial charge in [0.2, 0.25) is 5.91 Å². The largest absolute Gasteiger partial charge is 0.479 e. The lowest BCUT2D eigenvalue weighted by Crippen LogP contribution is -2.56. The van der Waals surface area contributed by atoms with E-state index in [-0.39, 0.29) is 25.0 Å². The van der Waals surface area contributed by atoms with Gasteiger partial charge in [-0.25, -0.2) is 9.59 Å². The molecule has 184 valence electrons. The molecule has 2 N–H and O–H groups in total. The summed E-state index contributed by atoms with van der Waals surface area (Å²) in [6.07, 6.45) is 3.06. The third-order valence-corrected chi connectivity index (χ3v) is 8.02. The number of ether oxygens (including phenoxy) is 1. The number of carbonyl (C=O) groups is 3. The fourth-order valence-corrected chi connectivity index (χ4v) is 5.97. The van der Waals surface area contributed by atoms with Crippen LogP contribution < -0.4 is 5.32 Å². The van der Waals surface area contributed by atoms with Crippen molar-refractivity contribution in [3.8, 4) is 11.1 Å². The number of carboxylic acids is 1. The number of carboxylic acid groups (broad SMARTS) is 1. The second kappa shape index (κ2) is 9.02. The molecule has 2 aromatic carbocycles. The van der Waals surface area contributed by atoms with E-state index in [4.69, 9.17) is 4.74 Å². The van der Waals surface area contributed by atoms with E-state index in [9.17, 15) is 19.5 Å². The summed E-state index contributed by atoms with van der Waals surface area (Å²) in [5.74, 6) is -1.10. The van der Waals surface area contributed by atoms with Crippen molar-refractivity contribution in [3.63, 3.8) is 0 Å². The summed E-state index contributed by atoms with van der Waals surface area (Å²) in [5, 5.41) is 12.7. The van der Waals surface area contributed by atoms with E-state index in [2.05, 4.69) is 29.6 Å². The number of hydrogen-bond donors (Lipinski definition) is 2. The summed E-state index contributed by atoms with van der Waals surface area (Å²) in [5.41, 5.74) is 2.78. The molecule has 1 aliphatic heterocycles. The second-order valence-electron chi connectivity index (χ2n) is 10.1. The standard InChI is InChI=1S/C28H32N2O5/c1-2-12-28(25(32)33)13-7-16-30(28)24(31)27(14-15-27)18-29-26(34)35-17-23-21-10-5-3-8-19(21)20-9-4-6-11-22(20)23/h3-6,8-11,23H,2,7,12-18H2,1H3,(H,29,34)(H,32,33). The first-order valence-corrected chi connectivity index (χ1v) is 12.6. The van der Waals surface area contributed by atoms with Crippen molar-refractivity contribution in [3.05, 3.63) is 59.7 Å². The van der Waals surface area contributed by atoms with Gasteiger partial charge in [0.25, 0.3) is 0 Å². The Balaban J connectivity index is 1.21. The Morgan fingerprint density at radius 2 is 1.66 bits per heavy atom. The van der Waals surface area contributed by atoms with Crippen LogP contribution in [0.4, 0.5) is 4.79 Å². The second-order valence-corrected chi connectivity index (χ2v) is 10.1. The number of alkyl carbamates (subject to hydrolysis) is 1. The third-order valence-electron chi connectivity index (χ3n) is 8.02. The van der Waals surface area contributed by atoms with Crippen LogP contribution in [-0.4, -0.2) is 53.2 Å². The van der Waals surface area contributed by atoms with Crippen LogP contribution >= 0.6 is 0 Å². The van der Waals surface area contributed by atoms with Gasteiger partial charge in [-0.1, -0.05) is 61.9 Å². The molecular formula is C28H32N2O5. The fourth-order valence-electron chi connectivity index (χ4n) is 5.97. The number of nitrogens with zero attached hydrogens (tertiary/aromatic N) is 1. The zero-order valence-electron chi connectivity index (χ0n) is 20.1. The van der Waals surface area contributed by atoms with E-state index in [1.807, 2.05) is 31.2 Å². The minimum absolute atomic E-state index is 0.0282. The molecule has 1 saturated carbocycles. The molecule has 1 unspecified atom stereocenters. The van der Waals surface area contributed by atoms with Crippen LogP contribution in [-0.2, 0) is 14.3 Å². The molecule has 2 fully saturated rings. The molecule has 7 heteroatoms. The minimum atomic E-state index is -1.12. The molecular weight excluding hydrogens is 444 g/mol. The van der Waals surface area contributed by atoms with E-state index >= 15 is 0 Å². The minimum Gasteiger partial charge on any atom is -0.479 e. The highest BCUT2D eigenvalue weighted by Gasteiger charge is 2.58. The van der Waals surface area contributed by atoms with E-state index in [0.29, 0.717) is 45.1 Å². The molecule has 1 heterocycles. The average Bonchev–Trinajstić information content (AvgIpc) is 3.43. The number of carbonyl (C=O) groups excluding carboxylic acids is 2. The number of likely N-dealkylation sites (tertiary alicyclic amines) is 1. The van der Waals surface area contributed by atoms with E-state index < -0.39 is 23.0 Å². The van der Waals surface area contributed by atoms with Crippen molar-refractivity contribution in [2.24, 2.45) is 5.41 Å². The summed E-state index contributed by atoms with van der Waals surface area (Å²) in [6, 6.07) is 16.3. The SMILES string of the molecule is CCCC1(C(=O)O)CCCN1C(=O)C1(CNC(=O)OCC2c3ccccc3-c3ccccc32)CC1. The Hall–Kier alpha value is -3.35. The summed E-state index contributed by atoms with van der Waals surface area (Å²) >= 11 is 0. The topological polar surface area (TPSA) is 95.9 Å². The van der Waals surface area contributed by atoms with Crippen LogP contribution in [0.15, 0.2) is 48.5 Å². The molecule has 2 aromatic rings. The molecule has 1 atom stereocenters. The van der Waals surface area contributed by atoms with Gasteiger partial charge in [0, 0.05) is 19.0 Å². The Morgan fingerprint density at radius 3 is 2.23 bits per heavy atom. The predicted molar refractivity (Wildman–Crippen MR) is 131 cm³/mol. The number of aliphatic carboxylic acids is 1. The Labute approximate surface area is 205 Å². The van der Waals surface area contributed by atoms with Gasteiger partial charge in [0.15, 0.2) is 0 Å². The molecule has 2 amide bonds. The smallest absolute Gasteiger partial charge is 0.407 e. The quantitative estimate of drug-likeness (QED) is 0.583. The predicted octanol–water partition coefficient (Wildman–Crippen LogP) is 4.55. The van der Waals surface area contributed by atoms with Crippen LogP contribution in [0.1, 0.15) is 62.5 Å². The molecule has 7 nitrogen and oxygen atoms in total. The summed E-state index contributed by atoms with van der Waals surface area (Å²) in [7, 11) is 0. The lowest BCUT2D eigenvalue weighted by atomic mass is 9.89. The van der Waals surface area contributed by atoms with Crippen LogP contribution in [0.5, 0.6) is 0 Å². The number of nitrogens with one attached hydrogen (secondary N) is 1. The highest BCUT2D eigenvalue weighted by molar-refractivity contribution is 5.92. The Morgan fingerprint density at radius 1 is 1.03 bits per heavy atom. The Bertz CT molecular complexity index is 1110. The number of amides is 2. The van der Waals surface area contributed by atoms with Crippen LogP contribution in [0.25, 0.3) is 11.1 Å². The molecule has 0 bridgehead atoms. The molecule has 2 aliphatic carbocycles. The zero-order chi connectivity index (χ0) is 24.6. The van der Waals surface area contributed by atoms with Gasteiger partial charge in [-0.2, -0.15) is 0 Å².